The lowest BCUT2D eigenvalue weighted by molar-refractivity contribution is 0.0922. The average molecular weight is 429 g/mol. The summed E-state index contributed by atoms with van der Waals surface area (Å²) in [6.07, 6.45) is 4.78. The van der Waals surface area contributed by atoms with E-state index in [1.807, 2.05) is 34.0 Å². The number of hydrogen-bond acceptors (Lipinski definition) is 2. The van der Waals surface area contributed by atoms with E-state index >= 15 is 0 Å². The van der Waals surface area contributed by atoms with E-state index < -0.39 is 0 Å². The molecule has 2 aromatic rings. The van der Waals surface area contributed by atoms with Crippen LogP contribution in [-0.4, -0.2) is 5.91 Å². The average Bonchev–Trinajstić information content (AvgIpc) is 3.18. The SMILES string of the molecule is O=C(NC(c1cccs1)C1CCCC1)c1ccc(F)cc1I. The van der Waals surface area contributed by atoms with Crippen LogP contribution < -0.4 is 5.32 Å². The highest BCUT2D eigenvalue weighted by molar-refractivity contribution is 14.1. The molecule has 116 valence electrons. The van der Waals surface area contributed by atoms with E-state index in [1.165, 1.54) is 29.9 Å². The summed E-state index contributed by atoms with van der Waals surface area (Å²) in [5.74, 6) is 0.0713. The standard InChI is InChI=1S/C17H17FINOS/c18-12-7-8-13(14(19)10-12)17(21)20-16(11-4-1-2-5-11)15-6-3-9-22-15/h3,6-11,16H,1-2,4-5H2,(H,20,21). The highest BCUT2D eigenvalue weighted by Crippen LogP contribution is 2.37. The third kappa shape index (κ3) is 3.51. The van der Waals surface area contributed by atoms with Gasteiger partial charge in [-0.2, -0.15) is 0 Å². The smallest absolute Gasteiger partial charge is 0.252 e. The van der Waals surface area contributed by atoms with Crippen molar-refractivity contribution < 1.29 is 9.18 Å². The van der Waals surface area contributed by atoms with Crippen LogP contribution in [0.2, 0.25) is 0 Å². The Morgan fingerprint density at radius 1 is 1.32 bits per heavy atom. The number of carbonyl (C=O) groups excluding carboxylic acids is 1. The van der Waals surface area contributed by atoms with Crippen molar-refractivity contribution in [1.29, 1.82) is 0 Å². The maximum absolute atomic E-state index is 13.2. The first-order valence-electron chi connectivity index (χ1n) is 7.44. The minimum absolute atomic E-state index is 0.0656. The lowest BCUT2D eigenvalue weighted by Gasteiger charge is -2.24. The highest BCUT2D eigenvalue weighted by atomic mass is 127. The van der Waals surface area contributed by atoms with Gasteiger partial charge in [-0.3, -0.25) is 4.79 Å². The monoisotopic (exact) mass is 429 g/mol. The minimum Gasteiger partial charge on any atom is -0.344 e. The molecule has 1 aliphatic carbocycles. The molecule has 1 atom stereocenters. The molecule has 1 aromatic heterocycles. The van der Waals surface area contributed by atoms with Gasteiger partial charge in [0, 0.05) is 8.45 Å². The predicted molar refractivity (Wildman–Crippen MR) is 95.6 cm³/mol. The molecule has 22 heavy (non-hydrogen) atoms. The second-order valence-electron chi connectivity index (χ2n) is 5.64. The lowest BCUT2D eigenvalue weighted by atomic mass is 9.96. The molecular weight excluding hydrogens is 412 g/mol. The van der Waals surface area contributed by atoms with E-state index in [2.05, 4.69) is 11.4 Å². The van der Waals surface area contributed by atoms with E-state index in [-0.39, 0.29) is 17.8 Å². The van der Waals surface area contributed by atoms with Crippen molar-refractivity contribution in [3.05, 3.63) is 55.5 Å². The number of hydrogen-bond donors (Lipinski definition) is 1. The Morgan fingerprint density at radius 2 is 2.09 bits per heavy atom. The van der Waals surface area contributed by atoms with Gasteiger partial charge in [0.15, 0.2) is 0 Å². The fourth-order valence-electron chi connectivity index (χ4n) is 3.07. The molecule has 0 aliphatic heterocycles. The van der Waals surface area contributed by atoms with Crippen LogP contribution >= 0.6 is 33.9 Å². The molecule has 2 nitrogen and oxygen atoms in total. The molecule has 0 spiro atoms. The van der Waals surface area contributed by atoms with Gasteiger partial charge in [0.2, 0.25) is 0 Å². The third-order valence-electron chi connectivity index (χ3n) is 4.18. The van der Waals surface area contributed by atoms with E-state index in [0.29, 0.717) is 15.1 Å². The Morgan fingerprint density at radius 3 is 2.73 bits per heavy atom. The van der Waals surface area contributed by atoms with Gasteiger partial charge in [0.1, 0.15) is 5.82 Å². The second kappa shape index (κ2) is 7.08. The quantitative estimate of drug-likeness (QED) is 0.669. The molecule has 1 N–H and O–H groups in total. The fourth-order valence-corrected chi connectivity index (χ4v) is 4.66. The molecule has 1 fully saturated rings. The summed E-state index contributed by atoms with van der Waals surface area (Å²) in [6.45, 7) is 0. The minimum atomic E-state index is -0.313. The summed E-state index contributed by atoms with van der Waals surface area (Å²) in [6, 6.07) is 8.47. The second-order valence-corrected chi connectivity index (χ2v) is 7.78. The third-order valence-corrected chi connectivity index (χ3v) is 6.03. The number of rotatable bonds is 4. The molecule has 1 unspecified atom stereocenters. The maximum atomic E-state index is 13.2. The molecule has 1 aliphatic rings. The van der Waals surface area contributed by atoms with Crippen molar-refractivity contribution >= 4 is 39.8 Å². The zero-order chi connectivity index (χ0) is 15.5. The Labute approximate surface area is 147 Å². The molecule has 1 amide bonds. The van der Waals surface area contributed by atoms with Crippen LogP contribution in [0.5, 0.6) is 0 Å². The van der Waals surface area contributed by atoms with Crippen LogP contribution in [0.3, 0.4) is 0 Å². The number of halogens is 2. The summed E-state index contributed by atoms with van der Waals surface area (Å²) >= 11 is 3.70. The van der Waals surface area contributed by atoms with Crippen molar-refractivity contribution in [2.24, 2.45) is 5.92 Å². The zero-order valence-electron chi connectivity index (χ0n) is 12.0. The molecule has 3 rings (SSSR count). The number of amides is 1. The van der Waals surface area contributed by atoms with Gasteiger partial charge in [-0.1, -0.05) is 18.9 Å². The van der Waals surface area contributed by atoms with Gasteiger partial charge in [-0.15, -0.1) is 11.3 Å². The number of carbonyl (C=O) groups is 1. The van der Waals surface area contributed by atoms with Crippen molar-refractivity contribution in [2.45, 2.75) is 31.7 Å². The molecule has 0 bridgehead atoms. The number of benzene rings is 1. The summed E-state index contributed by atoms with van der Waals surface area (Å²) in [5, 5.41) is 5.23. The first-order valence-corrected chi connectivity index (χ1v) is 9.40. The van der Waals surface area contributed by atoms with Gasteiger partial charge < -0.3 is 5.32 Å². The molecule has 1 aromatic carbocycles. The van der Waals surface area contributed by atoms with Crippen molar-refractivity contribution in [1.82, 2.24) is 5.32 Å². The predicted octanol–water partition coefficient (Wildman–Crippen LogP) is 5.15. The molecular formula is C17H17FINOS. The topological polar surface area (TPSA) is 29.1 Å². The first kappa shape index (κ1) is 15.9. The van der Waals surface area contributed by atoms with Crippen molar-refractivity contribution in [2.75, 3.05) is 0 Å². The van der Waals surface area contributed by atoms with Crippen LogP contribution in [0, 0.1) is 15.3 Å². The van der Waals surface area contributed by atoms with Gasteiger partial charge in [0.25, 0.3) is 5.91 Å². The summed E-state index contributed by atoms with van der Waals surface area (Å²) in [4.78, 5) is 13.8. The largest absolute Gasteiger partial charge is 0.344 e. The normalized spacial score (nSPS) is 16.6. The zero-order valence-corrected chi connectivity index (χ0v) is 15.0. The molecule has 5 heteroatoms. The number of nitrogens with one attached hydrogen (secondary N) is 1. The summed E-state index contributed by atoms with van der Waals surface area (Å²) in [7, 11) is 0. The van der Waals surface area contributed by atoms with Crippen LogP contribution in [0.15, 0.2) is 35.7 Å². The van der Waals surface area contributed by atoms with Crippen LogP contribution in [0.25, 0.3) is 0 Å². The van der Waals surface area contributed by atoms with Gasteiger partial charge in [-0.25, -0.2) is 4.39 Å². The van der Waals surface area contributed by atoms with Gasteiger partial charge in [0.05, 0.1) is 11.6 Å². The molecule has 0 saturated heterocycles. The molecule has 1 heterocycles. The lowest BCUT2D eigenvalue weighted by Crippen LogP contribution is -2.32. The Hall–Kier alpha value is -0.950. The van der Waals surface area contributed by atoms with E-state index in [1.54, 1.807) is 17.4 Å². The Bertz CT molecular complexity index is 653. The Balaban J connectivity index is 1.82. The molecule has 0 radical (unpaired) electrons. The summed E-state index contributed by atoms with van der Waals surface area (Å²) in [5.41, 5.74) is 0.543. The Kier molecular flexibility index (Phi) is 5.13. The van der Waals surface area contributed by atoms with Crippen molar-refractivity contribution in [3.8, 4) is 0 Å². The maximum Gasteiger partial charge on any atom is 0.252 e. The van der Waals surface area contributed by atoms with E-state index in [4.69, 9.17) is 0 Å². The van der Waals surface area contributed by atoms with E-state index in [9.17, 15) is 9.18 Å². The van der Waals surface area contributed by atoms with Gasteiger partial charge in [-0.05, 0) is 71.0 Å². The van der Waals surface area contributed by atoms with Crippen LogP contribution in [-0.2, 0) is 0 Å². The van der Waals surface area contributed by atoms with Crippen LogP contribution in [0.4, 0.5) is 4.39 Å². The number of thiophene rings is 1. The van der Waals surface area contributed by atoms with E-state index in [0.717, 1.165) is 12.8 Å². The first-order chi connectivity index (χ1) is 10.6. The van der Waals surface area contributed by atoms with Crippen LogP contribution in [0.1, 0.15) is 47.0 Å². The fraction of sp³-hybridized carbons (Fsp3) is 0.353. The van der Waals surface area contributed by atoms with Gasteiger partial charge >= 0.3 is 0 Å². The summed E-state index contributed by atoms with van der Waals surface area (Å²) < 4.78 is 13.9. The highest BCUT2D eigenvalue weighted by Gasteiger charge is 2.29. The van der Waals surface area contributed by atoms with Crippen molar-refractivity contribution in [3.63, 3.8) is 0 Å². The molecule has 1 saturated carbocycles.